The van der Waals surface area contributed by atoms with E-state index in [0.29, 0.717) is 6.54 Å². The van der Waals surface area contributed by atoms with Gasteiger partial charge in [0.1, 0.15) is 5.75 Å². The van der Waals surface area contributed by atoms with E-state index in [-0.39, 0.29) is 23.7 Å². The highest BCUT2D eigenvalue weighted by Gasteiger charge is 2.32. The number of methoxy groups -OCH3 is 1. The van der Waals surface area contributed by atoms with Gasteiger partial charge in [-0.05, 0) is 81.5 Å². The highest BCUT2D eigenvalue weighted by molar-refractivity contribution is 5.96. The molecule has 2 aromatic rings. The number of aryl methyl sites for hydroxylation is 1. The predicted octanol–water partition coefficient (Wildman–Crippen LogP) is 4.80. The molecule has 0 heterocycles. The molecule has 0 aromatic heterocycles. The van der Waals surface area contributed by atoms with E-state index in [0.717, 1.165) is 48.4 Å². The van der Waals surface area contributed by atoms with Crippen LogP contribution < -0.4 is 15.0 Å². The van der Waals surface area contributed by atoms with Gasteiger partial charge in [0.15, 0.2) is 0 Å². The lowest BCUT2D eigenvalue weighted by Gasteiger charge is -2.31. The molecule has 2 amide bonds. The van der Waals surface area contributed by atoms with Gasteiger partial charge in [-0.1, -0.05) is 12.1 Å². The van der Waals surface area contributed by atoms with Crippen LogP contribution in [0.2, 0.25) is 0 Å². The first-order valence-electron chi connectivity index (χ1n) is 10.3. The van der Waals surface area contributed by atoms with Crippen molar-refractivity contribution >= 4 is 23.2 Å². The van der Waals surface area contributed by atoms with E-state index in [1.165, 1.54) is 0 Å². The molecule has 0 aliphatic heterocycles. The minimum Gasteiger partial charge on any atom is -0.497 e. The fourth-order valence-electron chi connectivity index (χ4n) is 4.00. The number of nitrogens with one attached hydrogen (secondary N) is 1. The average Bonchev–Trinajstić information content (AvgIpc) is 2.75. The number of hydrogen-bond donors (Lipinski definition) is 1. The molecular weight excluding hydrogens is 364 g/mol. The molecule has 2 aromatic carbocycles. The molecule has 1 aliphatic rings. The van der Waals surface area contributed by atoms with Crippen molar-refractivity contribution in [2.45, 2.75) is 39.5 Å². The minimum absolute atomic E-state index is 0.0134. The summed E-state index contributed by atoms with van der Waals surface area (Å²) in [5, 5.41) is 2.98. The van der Waals surface area contributed by atoms with Gasteiger partial charge >= 0.3 is 0 Å². The lowest BCUT2D eigenvalue weighted by atomic mass is 9.80. The molecule has 0 saturated heterocycles. The van der Waals surface area contributed by atoms with Crippen molar-refractivity contribution in [3.63, 3.8) is 0 Å². The monoisotopic (exact) mass is 394 g/mol. The van der Waals surface area contributed by atoms with Gasteiger partial charge in [-0.15, -0.1) is 0 Å². The van der Waals surface area contributed by atoms with Crippen molar-refractivity contribution in [2.24, 2.45) is 11.8 Å². The molecule has 0 spiro atoms. The van der Waals surface area contributed by atoms with Gasteiger partial charge in [-0.25, -0.2) is 0 Å². The summed E-state index contributed by atoms with van der Waals surface area (Å²) in [6.45, 7) is 4.70. The van der Waals surface area contributed by atoms with E-state index in [4.69, 9.17) is 4.74 Å². The van der Waals surface area contributed by atoms with Crippen LogP contribution in [-0.4, -0.2) is 25.5 Å². The van der Waals surface area contributed by atoms with Crippen LogP contribution in [0, 0.1) is 18.8 Å². The second-order valence-electron chi connectivity index (χ2n) is 7.69. The van der Waals surface area contributed by atoms with E-state index in [2.05, 4.69) is 11.4 Å². The Morgan fingerprint density at radius 1 is 1.03 bits per heavy atom. The molecule has 0 radical (unpaired) electrons. The third-order valence-corrected chi connectivity index (χ3v) is 5.70. The fraction of sp³-hybridized carbons (Fsp3) is 0.417. The Morgan fingerprint density at radius 2 is 1.69 bits per heavy atom. The van der Waals surface area contributed by atoms with Crippen molar-refractivity contribution in [3.8, 4) is 5.75 Å². The maximum absolute atomic E-state index is 13.1. The largest absolute Gasteiger partial charge is 0.497 e. The molecule has 154 valence electrons. The highest BCUT2D eigenvalue weighted by atomic mass is 16.5. The molecule has 0 bridgehead atoms. The molecule has 5 heteroatoms. The summed E-state index contributed by atoms with van der Waals surface area (Å²) < 4.78 is 5.14. The Morgan fingerprint density at radius 3 is 2.28 bits per heavy atom. The number of rotatable bonds is 6. The summed E-state index contributed by atoms with van der Waals surface area (Å²) in [7, 11) is 1.62. The lowest BCUT2D eigenvalue weighted by Crippen LogP contribution is -2.39. The van der Waals surface area contributed by atoms with Crippen LogP contribution in [0.5, 0.6) is 5.75 Å². The quantitative estimate of drug-likeness (QED) is 0.765. The number of anilines is 2. The van der Waals surface area contributed by atoms with Crippen LogP contribution in [0.3, 0.4) is 0 Å². The van der Waals surface area contributed by atoms with Crippen molar-refractivity contribution in [3.05, 3.63) is 54.1 Å². The molecule has 29 heavy (non-hydrogen) atoms. The molecule has 3 rings (SSSR count). The molecule has 5 nitrogen and oxygen atoms in total. The van der Waals surface area contributed by atoms with Gasteiger partial charge in [0, 0.05) is 29.8 Å². The summed E-state index contributed by atoms with van der Waals surface area (Å²) in [6, 6.07) is 15.4. The van der Waals surface area contributed by atoms with Crippen LogP contribution in [0.25, 0.3) is 0 Å². The van der Waals surface area contributed by atoms with Gasteiger partial charge in [0.2, 0.25) is 11.8 Å². The normalized spacial score (nSPS) is 18.7. The first-order valence-corrected chi connectivity index (χ1v) is 10.3. The zero-order chi connectivity index (χ0) is 20.8. The van der Waals surface area contributed by atoms with Gasteiger partial charge in [0.25, 0.3) is 0 Å². The van der Waals surface area contributed by atoms with Crippen LogP contribution in [0.15, 0.2) is 48.5 Å². The molecule has 1 fully saturated rings. The Balaban J connectivity index is 1.56. The third kappa shape index (κ3) is 5.17. The number of benzene rings is 2. The Kier molecular flexibility index (Phi) is 6.91. The van der Waals surface area contributed by atoms with Gasteiger partial charge in [-0.2, -0.15) is 0 Å². The highest BCUT2D eigenvalue weighted by Crippen LogP contribution is 2.32. The second-order valence-corrected chi connectivity index (χ2v) is 7.69. The fourth-order valence-corrected chi connectivity index (χ4v) is 4.00. The van der Waals surface area contributed by atoms with E-state index in [1.54, 1.807) is 7.11 Å². The summed E-state index contributed by atoms with van der Waals surface area (Å²) >= 11 is 0. The third-order valence-electron chi connectivity index (χ3n) is 5.70. The van der Waals surface area contributed by atoms with Gasteiger partial charge in [-0.3, -0.25) is 9.59 Å². The summed E-state index contributed by atoms with van der Waals surface area (Å²) in [6.07, 6.45) is 2.98. The van der Waals surface area contributed by atoms with E-state index in [1.807, 2.05) is 61.2 Å². The molecule has 1 aliphatic carbocycles. The summed E-state index contributed by atoms with van der Waals surface area (Å²) in [4.78, 5) is 27.6. The van der Waals surface area contributed by atoms with E-state index in [9.17, 15) is 9.59 Å². The van der Waals surface area contributed by atoms with Gasteiger partial charge in [0.05, 0.1) is 7.11 Å². The Bertz CT molecular complexity index is 839. The zero-order valence-corrected chi connectivity index (χ0v) is 17.5. The number of amides is 2. The number of hydrogen-bond acceptors (Lipinski definition) is 3. The Labute approximate surface area is 173 Å². The minimum atomic E-state index is -0.0461. The van der Waals surface area contributed by atoms with Crippen LogP contribution in [0.4, 0.5) is 11.4 Å². The van der Waals surface area contributed by atoms with Crippen molar-refractivity contribution in [1.82, 2.24) is 0 Å². The predicted molar refractivity (Wildman–Crippen MR) is 116 cm³/mol. The van der Waals surface area contributed by atoms with Crippen molar-refractivity contribution < 1.29 is 14.3 Å². The summed E-state index contributed by atoms with van der Waals surface area (Å²) in [5.41, 5.74) is 2.87. The maximum Gasteiger partial charge on any atom is 0.230 e. The number of ether oxygens (including phenoxy) is 1. The molecule has 0 unspecified atom stereocenters. The van der Waals surface area contributed by atoms with Crippen LogP contribution in [-0.2, 0) is 9.59 Å². The average molecular weight is 395 g/mol. The SMILES string of the molecule is CCN(C(=O)C1CCC(C(=O)Nc2ccc(OC)cc2)CC1)c1cccc(C)c1. The molecule has 1 N–H and O–H groups in total. The number of carbonyl (C=O) groups is 2. The second kappa shape index (κ2) is 9.59. The molecular formula is C24H30N2O3. The number of carbonyl (C=O) groups excluding carboxylic acids is 2. The number of nitrogens with zero attached hydrogens (tertiary/aromatic N) is 1. The first kappa shape index (κ1) is 20.9. The van der Waals surface area contributed by atoms with Crippen molar-refractivity contribution in [1.29, 1.82) is 0 Å². The standard InChI is InChI=1S/C24H30N2O3/c1-4-26(21-7-5-6-17(2)16-21)24(28)19-10-8-18(9-11-19)23(27)25-20-12-14-22(29-3)15-13-20/h5-7,12-16,18-19H,4,8-11H2,1-3H3,(H,25,27). The van der Waals surface area contributed by atoms with Gasteiger partial charge < -0.3 is 15.0 Å². The van der Waals surface area contributed by atoms with Crippen LogP contribution >= 0.6 is 0 Å². The Hall–Kier alpha value is -2.82. The van der Waals surface area contributed by atoms with E-state index < -0.39 is 0 Å². The smallest absolute Gasteiger partial charge is 0.230 e. The first-order chi connectivity index (χ1) is 14.0. The summed E-state index contributed by atoms with van der Waals surface area (Å²) in [5.74, 6) is 0.908. The van der Waals surface area contributed by atoms with Crippen molar-refractivity contribution in [2.75, 3.05) is 23.9 Å². The molecule has 1 saturated carbocycles. The van der Waals surface area contributed by atoms with E-state index >= 15 is 0 Å². The lowest BCUT2D eigenvalue weighted by molar-refractivity contribution is -0.126. The molecule has 0 atom stereocenters. The van der Waals surface area contributed by atoms with Crippen LogP contribution in [0.1, 0.15) is 38.2 Å². The maximum atomic E-state index is 13.1. The zero-order valence-electron chi connectivity index (χ0n) is 17.5. The topological polar surface area (TPSA) is 58.6 Å².